The Hall–Kier alpha value is -1.11. The molecule has 112 valence electrons. The topological polar surface area (TPSA) is 75.6 Å². The van der Waals surface area contributed by atoms with E-state index in [9.17, 15) is 8.42 Å². The molecule has 1 aliphatic rings. The van der Waals surface area contributed by atoms with Crippen LogP contribution < -0.4 is 9.46 Å². The Kier molecular flexibility index (Phi) is 4.36. The fourth-order valence-electron chi connectivity index (χ4n) is 2.09. The van der Waals surface area contributed by atoms with Gasteiger partial charge in [0.15, 0.2) is 0 Å². The minimum Gasteiger partial charge on any atom is -0.493 e. The number of rotatable bonds is 6. The van der Waals surface area contributed by atoms with Crippen molar-refractivity contribution in [3.05, 3.63) is 23.8 Å². The van der Waals surface area contributed by atoms with E-state index in [1.165, 1.54) is 0 Å². The predicted octanol–water partition coefficient (Wildman–Crippen LogP) is 1.31. The zero-order valence-electron chi connectivity index (χ0n) is 11.8. The number of hydrogen-bond acceptors (Lipinski definition) is 4. The molecule has 0 spiro atoms. The first kappa shape index (κ1) is 15.3. The van der Waals surface area contributed by atoms with Gasteiger partial charge in [0, 0.05) is 19.6 Å². The summed E-state index contributed by atoms with van der Waals surface area (Å²) in [7, 11) is -3.52. The molecule has 2 rings (SSSR count). The number of nitrogens with one attached hydrogen (secondary N) is 1. The molecule has 6 heteroatoms. The predicted molar refractivity (Wildman–Crippen MR) is 76.3 cm³/mol. The zero-order chi connectivity index (χ0) is 14.8. The highest BCUT2D eigenvalue weighted by Crippen LogP contribution is 2.28. The maximum absolute atomic E-state index is 12.3. The summed E-state index contributed by atoms with van der Waals surface area (Å²) in [5.41, 5.74) is 0.657. The van der Waals surface area contributed by atoms with E-state index in [2.05, 4.69) is 4.72 Å². The average Bonchev–Trinajstić information content (AvgIpc) is 2.84. The van der Waals surface area contributed by atoms with Gasteiger partial charge in [-0.2, -0.15) is 0 Å². The van der Waals surface area contributed by atoms with Crippen molar-refractivity contribution < 1.29 is 18.3 Å². The van der Waals surface area contributed by atoms with Crippen molar-refractivity contribution in [2.24, 2.45) is 5.41 Å². The molecule has 2 N–H and O–H groups in total. The second kappa shape index (κ2) is 5.71. The first-order valence-corrected chi connectivity index (χ1v) is 8.19. The number of sulfonamides is 1. The second-order valence-corrected chi connectivity index (χ2v) is 7.60. The van der Waals surface area contributed by atoms with Crippen LogP contribution in [0.5, 0.6) is 5.75 Å². The third-order valence-electron chi connectivity index (χ3n) is 3.50. The van der Waals surface area contributed by atoms with Crippen LogP contribution in [0.2, 0.25) is 0 Å². The van der Waals surface area contributed by atoms with Crippen LogP contribution in [0.25, 0.3) is 0 Å². The molecule has 0 saturated carbocycles. The largest absolute Gasteiger partial charge is 0.493 e. The van der Waals surface area contributed by atoms with Crippen LogP contribution in [0, 0.1) is 5.41 Å². The summed E-state index contributed by atoms with van der Waals surface area (Å²) in [6, 6.07) is 4.94. The lowest BCUT2D eigenvalue weighted by molar-refractivity contribution is 0.213. The average molecular weight is 299 g/mol. The molecule has 0 amide bonds. The monoisotopic (exact) mass is 299 g/mol. The lowest BCUT2D eigenvalue weighted by Crippen LogP contribution is -2.34. The molecule has 0 unspecified atom stereocenters. The van der Waals surface area contributed by atoms with Crippen LogP contribution in [0.3, 0.4) is 0 Å². The molecule has 1 heterocycles. The third-order valence-corrected chi connectivity index (χ3v) is 4.90. The molecule has 0 saturated heterocycles. The molecule has 0 aliphatic carbocycles. The highest BCUT2D eigenvalue weighted by molar-refractivity contribution is 7.89. The summed E-state index contributed by atoms with van der Waals surface area (Å²) in [6.45, 7) is 4.79. The second-order valence-electron chi connectivity index (χ2n) is 5.83. The Labute approximate surface area is 120 Å². The summed E-state index contributed by atoms with van der Waals surface area (Å²) in [6.07, 6.45) is 1.29. The Morgan fingerprint density at radius 3 is 2.85 bits per heavy atom. The van der Waals surface area contributed by atoms with Crippen molar-refractivity contribution in [3.8, 4) is 5.75 Å². The summed E-state index contributed by atoms with van der Waals surface area (Å²) >= 11 is 0. The van der Waals surface area contributed by atoms with Crippen molar-refractivity contribution in [3.63, 3.8) is 0 Å². The molecule has 0 fully saturated rings. The van der Waals surface area contributed by atoms with Gasteiger partial charge in [-0.25, -0.2) is 13.1 Å². The summed E-state index contributed by atoms with van der Waals surface area (Å²) < 4.78 is 32.5. The Morgan fingerprint density at radius 2 is 2.15 bits per heavy atom. The number of hydrogen-bond donors (Lipinski definition) is 2. The van der Waals surface area contributed by atoms with Crippen molar-refractivity contribution in [1.29, 1.82) is 0 Å². The molecule has 0 bridgehead atoms. The molecule has 0 aromatic heterocycles. The van der Waals surface area contributed by atoms with E-state index >= 15 is 0 Å². The summed E-state index contributed by atoms with van der Waals surface area (Å²) in [4.78, 5) is 0.265. The van der Waals surface area contributed by atoms with Gasteiger partial charge in [-0.1, -0.05) is 13.8 Å². The molecule has 20 heavy (non-hydrogen) atoms. The Balaban J connectivity index is 2.11. The van der Waals surface area contributed by atoms with Crippen molar-refractivity contribution >= 4 is 10.0 Å². The van der Waals surface area contributed by atoms with Crippen LogP contribution >= 0.6 is 0 Å². The highest BCUT2D eigenvalue weighted by atomic mass is 32.2. The van der Waals surface area contributed by atoms with E-state index in [1.54, 1.807) is 18.2 Å². The number of benzene rings is 1. The molecular formula is C14H21NO4S. The highest BCUT2D eigenvalue weighted by Gasteiger charge is 2.23. The fourth-order valence-corrected chi connectivity index (χ4v) is 3.39. The van der Waals surface area contributed by atoms with Crippen LogP contribution in [-0.4, -0.2) is 33.3 Å². The van der Waals surface area contributed by atoms with Crippen molar-refractivity contribution in [1.82, 2.24) is 4.72 Å². The van der Waals surface area contributed by atoms with E-state index < -0.39 is 10.0 Å². The Bertz CT molecular complexity index is 581. The minimum absolute atomic E-state index is 0.0465. The van der Waals surface area contributed by atoms with Gasteiger partial charge in [0.05, 0.1) is 11.5 Å². The van der Waals surface area contributed by atoms with E-state index in [1.807, 2.05) is 13.8 Å². The van der Waals surface area contributed by atoms with Crippen LogP contribution in [-0.2, 0) is 16.4 Å². The molecule has 0 radical (unpaired) electrons. The lowest BCUT2D eigenvalue weighted by atomic mass is 9.90. The van der Waals surface area contributed by atoms with Gasteiger partial charge in [-0.3, -0.25) is 0 Å². The number of ether oxygens (including phenoxy) is 1. The van der Waals surface area contributed by atoms with E-state index in [0.717, 1.165) is 17.7 Å². The van der Waals surface area contributed by atoms with Gasteiger partial charge in [0.2, 0.25) is 10.0 Å². The maximum atomic E-state index is 12.3. The van der Waals surface area contributed by atoms with Crippen molar-refractivity contribution in [2.75, 3.05) is 19.8 Å². The van der Waals surface area contributed by atoms with E-state index in [4.69, 9.17) is 9.84 Å². The van der Waals surface area contributed by atoms with Crippen LogP contribution in [0.4, 0.5) is 0 Å². The fraction of sp³-hybridized carbons (Fsp3) is 0.571. The first-order chi connectivity index (χ1) is 9.34. The quantitative estimate of drug-likeness (QED) is 0.830. The standard InChI is InChI=1S/C14H21NO4S/c1-14(2,6-7-16)10-15-20(17,18)12-3-4-13-11(9-12)5-8-19-13/h3-4,9,15-16H,5-8,10H2,1-2H3. The van der Waals surface area contributed by atoms with Gasteiger partial charge < -0.3 is 9.84 Å². The van der Waals surface area contributed by atoms with Gasteiger partial charge in [0.1, 0.15) is 5.75 Å². The van der Waals surface area contributed by atoms with Crippen LogP contribution in [0.15, 0.2) is 23.1 Å². The smallest absolute Gasteiger partial charge is 0.240 e. The zero-order valence-corrected chi connectivity index (χ0v) is 12.7. The molecule has 0 atom stereocenters. The number of fused-ring (bicyclic) bond motifs is 1. The number of aliphatic hydroxyl groups excluding tert-OH is 1. The minimum atomic E-state index is -3.52. The van der Waals surface area contributed by atoms with E-state index in [0.29, 0.717) is 19.6 Å². The van der Waals surface area contributed by atoms with Crippen LogP contribution in [0.1, 0.15) is 25.8 Å². The summed E-state index contributed by atoms with van der Waals surface area (Å²) in [5.74, 6) is 0.768. The third kappa shape index (κ3) is 3.50. The van der Waals surface area contributed by atoms with Gasteiger partial charge in [-0.15, -0.1) is 0 Å². The van der Waals surface area contributed by atoms with Gasteiger partial charge >= 0.3 is 0 Å². The SMILES string of the molecule is CC(C)(CCO)CNS(=O)(=O)c1ccc2c(c1)CCO2. The maximum Gasteiger partial charge on any atom is 0.240 e. The lowest BCUT2D eigenvalue weighted by Gasteiger charge is -2.23. The normalized spacial score (nSPS) is 14.9. The van der Waals surface area contributed by atoms with Gasteiger partial charge in [0.25, 0.3) is 0 Å². The molecule has 1 aromatic rings. The molecule has 1 aromatic carbocycles. The van der Waals surface area contributed by atoms with Gasteiger partial charge in [-0.05, 0) is 35.6 Å². The van der Waals surface area contributed by atoms with E-state index in [-0.39, 0.29) is 16.9 Å². The molecule has 5 nitrogen and oxygen atoms in total. The molecule has 1 aliphatic heterocycles. The Morgan fingerprint density at radius 1 is 1.40 bits per heavy atom. The van der Waals surface area contributed by atoms with Crippen molar-refractivity contribution in [2.45, 2.75) is 31.6 Å². The number of aliphatic hydroxyl groups is 1. The summed E-state index contributed by atoms with van der Waals surface area (Å²) in [5, 5.41) is 8.96. The molecular weight excluding hydrogens is 278 g/mol. The first-order valence-electron chi connectivity index (χ1n) is 6.70.